The topological polar surface area (TPSA) is 176 Å². The van der Waals surface area contributed by atoms with Crippen LogP contribution >= 0.6 is 15.9 Å². The second kappa shape index (κ2) is 19.7. The van der Waals surface area contributed by atoms with Crippen molar-refractivity contribution in [3.63, 3.8) is 0 Å². The number of hydrogen-bond donors (Lipinski definition) is 2. The first-order chi connectivity index (χ1) is 29.9. The molecular formula is C46H46BBrN10O4. The molecule has 0 bridgehead atoms. The van der Waals surface area contributed by atoms with Crippen LogP contribution in [0.25, 0.3) is 11.1 Å². The van der Waals surface area contributed by atoms with E-state index in [0.717, 1.165) is 43.7 Å². The van der Waals surface area contributed by atoms with Crippen molar-refractivity contribution in [2.24, 2.45) is 0 Å². The van der Waals surface area contributed by atoms with Gasteiger partial charge in [-0.05, 0) is 97.2 Å². The fourth-order valence-electron chi connectivity index (χ4n) is 6.00. The van der Waals surface area contributed by atoms with Crippen LogP contribution in [0.5, 0.6) is 23.3 Å². The van der Waals surface area contributed by atoms with Gasteiger partial charge in [0.1, 0.15) is 23.1 Å². The van der Waals surface area contributed by atoms with Crippen LogP contribution in [0.1, 0.15) is 38.8 Å². The van der Waals surface area contributed by atoms with E-state index in [1.807, 2.05) is 159 Å². The molecule has 4 N–H and O–H groups in total. The largest absolute Gasteiger partial charge is 0.498 e. The summed E-state index contributed by atoms with van der Waals surface area (Å²) in [6, 6.07) is 34.4. The number of pyridine rings is 4. The molecule has 62 heavy (non-hydrogen) atoms. The highest BCUT2D eigenvalue weighted by molar-refractivity contribution is 9.10. The Morgan fingerprint density at radius 3 is 1.58 bits per heavy atom. The molecule has 0 unspecified atom stereocenters. The van der Waals surface area contributed by atoms with Crippen molar-refractivity contribution in [1.29, 1.82) is 0 Å². The second-order valence-corrected chi connectivity index (χ2v) is 16.0. The molecule has 314 valence electrons. The predicted molar refractivity (Wildman–Crippen MR) is 244 cm³/mol. The first-order valence-corrected chi connectivity index (χ1v) is 20.5. The highest BCUT2D eigenvalue weighted by atomic mass is 79.9. The Morgan fingerprint density at radius 2 is 1.10 bits per heavy atom. The predicted octanol–water partition coefficient (Wildman–Crippen LogP) is 8.61. The van der Waals surface area contributed by atoms with Crippen molar-refractivity contribution in [2.45, 2.75) is 52.0 Å². The number of nitrogens with zero attached hydrogens (tertiary/aromatic N) is 8. The van der Waals surface area contributed by atoms with Gasteiger partial charge < -0.3 is 30.2 Å². The molecule has 2 aromatic carbocycles. The van der Waals surface area contributed by atoms with E-state index in [9.17, 15) is 0 Å². The Hall–Kier alpha value is -6.88. The molecule has 16 heteroatoms. The van der Waals surface area contributed by atoms with Gasteiger partial charge in [-0.3, -0.25) is 9.36 Å². The number of halogens is 1. The summed E-state index contributed by atoms with van der Waals surface area (Å²) in [4.78, 5) is 16.8. The average molecular weight is 894 g/mol. The van der Waals surface area contributed by atoms with E-state index in [4.69, 9.17) is 30.2 Å². The second-order valence-electron chi connectivity index (χ2n) is 15.1. The summed E-state index contributed by atoms with van der Waals surface area (Å²) in [5, 5.41) is 8.61. The molecule has 0 atom stereocenters. The molecule has 1 fully saturated rings. The molecule has 0 amide bonds. The van der Waals surface area contributed by atoms with Crippen molar-refractivity contribution >= 4 is 40.1 Å². The molecule has 1 aliphatic heterocycles. The molecule has 14 nitrogen and oxygen atoms in total. The maximum Gasteiger partial charge on any atom is 0.498 e. The van der Waals surface area contributed by atoms with Crippen LogP contribution < -0.4 is 26.4 Å². The Morgan fingerprint density at radius 1 is 0.581 bits per heavy atom. The minimum Gasteiger partial charge on any atom is -0.439 e. The van der Waals surface area contributed by atoms with Crippen LogP contribution in [0, 0.1) is 0 Å². The van der Waals surface area contributed by atoms with Crippen molar-refractivity contribution in [3.05, 3.63) is 174 Å². The van der Waals surface area contributed by atoms with Crippen LogP contribution in [0.2, 0.25) is 0 Å². The lowest BCUT2D eigenvalue weighted by atomic mass is 9.79. The van der Waals surface area contributed by atoms with E-state index in [-0.39, 0.29) is 11.2 Å². The number of rotatable bonds is 10. The van der Waals surface area contributed by atoms with E-state index >= 15 is 0 Å². The van der Waals surface area contributed by atoms with Gasteiger partial charge in [0.25, 0.3) is 0 Å². The van der Waals surface area contributed by atoms with Crippen molar-refractivity contribution < 1.29 is 18.8 Å². The highest BCUT2D eigenvalue weighted by Crippen LogP contribution is 2.36. The van der Waals surface area contributed by atoms with E-state index in [1.165, 1.54) is 0 Å². The van der Waals surface area contributed by atoms with Gasteiger partial charge in [0.05, 0.1) is 41.2 Å². The first kappa shape index (κ1) is 43.2. The summed E-state index contributed by atoms with van der Waals surface area (Å²) >= 11 is 3.38. The SMILES string of the molecule is Brc1cnn(Cc2ccc(Oc3ccccc3)nc2)c1.CC1(C)OB(c2cccnc2N)OC1(C)C.Nc1ncccc1-c1cnn(Cc2ccc(Oc3ccccc3)nc2)c1. The summed E-state index contributed by atoms with van der Waals surface area (Å²) in [7, 11) is -0.432. The molecule has 9 rings (SSSR count). The molecule has 1 aliphatic rings. The maximum atomic E-state index is 5.92. The molecule has 0 radical (unpaired) electrons. The monoisotopic (exact) mass is 892 g/mol. The zero-order valence-electron chi connectivity index (χ0n) is 34.7. The molecule has 1 saturated heterocycles. The smallest absolute Gasteiger partial charge is 0.439 e. The van der Waals surface area contributed by atoms with Gasteiger partial charge in [-0.1, -0.05) is 54.6 Å². The van der Waals surface area contributed by atoms with Crippen LogP contribution in [-0.2, 0) is 22.4 Å². The van der Waals surface area contributed by atoms with E-state index in [0.29, 0.717) is 36.5 Å². The van der Waals surface area contributed by atoms with Gasteiger partial charge in [0.2, 0.25) is 11.8 Å². The van der Waals surface area contributed by atoms with Gasteiger partial charge in [-0.15, -0.1) is 0 Å². The summed E-state index contributed by atoms with van der Waals surface area (Å²) in [5.41, 5.74) is 15.7. The quantitative estimate of drug-likeness (QED) is 0.125. The number of ether oxygens (including phenoxy) is 2. The number of nitrogen functional groups attached to an aromatic ring is 2. The first-order valence-electron chi connectivity index (χ1n) is 19.7. The number of anilines is 2. The van der Waals surface area contributed by atoms with Crippen molar-refractivity contribution in [2.75, 3.05) is 11.5 Å². The van der Waals surface area contributed by atoms with Crippen molar-refractivity contribution in [3.8, 4) is 34.4 Å². The fourth-order valence-corrected chi connectivity index (χ4v) is 6.33. The normalized spacial score (nSPS) is 13.6. The van der Waals surface area contributed by atoms with Gasteiger partial charge in [0.15, 0.2) is 0 Å². The number of nitrogens with two attached hydrogens (primary N) is 2. The lowest BCUT2D eigenvalue weighted by molar-refractivity contribution is 0.00578. The lowest BCUT2D eigenvalue weighted by Gasteiger charge is -2.32. The molecule has 8 aromatic rings. The average Bonchev–Trinajstić information content (AvgIpc) is 3.96. The molecule has 7 heterocycles. The standard InChI is InChI=1S/C20H17N5O.C15H12BrN3O.C11H17BN2O2/c21-20-18(7-4-10-22-20)16-12-24-25(14-16)13-15-8-9-19(23-11-15)26-17-5-2-1-3-6-17;16-13-9-18-19(11-13)10-12-6-7-15(17-8-12)20-14-4-2-1-3-5-14;1-10(2)11(3,4)16-12(15-10)8-6-5-7-14-9(8)13/h1-12,14H,13H2,(H2,21,22);1-9,11H,10H2;5-7H,1-4H3,(H2,13,14). The van der Waals surface area contributed by atoms with E-state index in [2.05, 4.69) is 46.1 Å². The van der Waals surface area contributed by atoms with Gasteiger partial charge >= 0.3 is 7.12 Å². The minimum atomic E-state index is -0.432. The van der Waals surface area contributed by atoms with Gasteiger partial charge in [0, 0.05) is 65.9 Å². The van der Waals surface area contributed by atoms with E-state index < -0.39 is 7.12 Å². The molecule has 0 aliphatic carbocycles. The molecule has 0 saturated carbocycles. The highest BCUT2D eigenvalue weighted by Gasteiger charge is 2.52. The Kier molecular flexibility index (Phi) is 13.7. The number of para-hydroxylation sites is 2. The third-order valence-corrected chi connectivity index (χ3v) is 10.4. The van der Waals surface area contributed by atoms with Crippen LogP contribution in [0.15, 0.2) is 163 Å². The van der Waals surface area contributed by atoms with Gasteiger partial charge in [-0.2, -0.15) is 10.2 Å². The molecule has 0 spiro atoms. The van der Waals surface area contributed by atoms with E-state index in [1.54, 1.807) is 37.2 Å². The lowest BCUT2D eigenvalue weighted by Crippen LogP contribution is -2.41. The van der Waals surface area contributed by atoms with Crippen LogP contribution in [0.4, 0.5) is 11.6 Å². The zero-order chi connectivity index (χ0) is 43.5. The maximum absolute atomic E-state index is 5.92. The zero-order valence-corrected chi connectivity index (χ0v) is 36.3. The number of benzene rings is 2. The minimum absolute atomic E-state index is 0.347. The molecular weight excluding hydrogens is 847 g/mol. The summed E-state index contributed by atoms with van der Waals surface area (Å²) in [6.07, 6.45) is 14.3. The fraction of sp³-hybridized carbons (Fsp3) is 0.174. The third-order valence-electron chi connectivity index (χ3n) is 9.98. The third kappa shape index (κ3) is 11.5. The Bertz CT molecular complexity index is 2630. The van der Waals surface area contributed by atoms with Crippen LogP contribution in [0.3, 0.4) is 0 Å². The summed E-state index contributed by atoms with van der Waals surface area (Å²) < 4.78 is 27.8. The van der Waals surface area contributed by atoms with Crippen molar-refractivity contribution in [1.82, 2.24) is 39.5 Å². The summed E-state index contributed by atoms with van der Waals surface area (Å²) in [5.74, 6) is 3.64. The number of hydrogen-bond acceptors (Lipinski definition) is 12. The van der Waals surface area contributed by atoms with Gasteiger partial charge in [-0.25, -0.2) is 19.9 Å². The Labute approximate surface area is 369 Å². The summed E-state index contributed by atoms with van der Waals surface area (Å²) in [6.45, 7) is 9.35. The number of aromatic nitrogens is 8. The molecule has 6 aromatic heterocycles. The Balaban J connectivity index is 0.000000144. The van der Waals surface area contributed by atoms with Crippen LogP contribution in [-0.4, -0.2) is 57.8 Å².